The van der Waals surface area contributed by atoms with Gasteiger partial charge in [0.15, 0.2) is 0 Å². The summed E-state index contributed by atoms with van der Waals surface area (Å²) in [7, 11) is 0. The average molecular weight is 256 g/mol. The van der Waals surface area contributed by atoms with Gasteiger partial charge in [-0.05, 0) is 37.5 Å². The van der Waals surface area contributed by atoms with Gasteiger partial charge in [-0.25, -0.2) is 4.98 Å². The van der Waals surface area contributed by atoms with E-state index in [1.807, 2.05) is 36.1 Å². The van der Waals surface area contributed by atoms with Gasteiger partial charge in [-0.1, -0.05) is 18.2 Å². The first kappa shape index (κ1) is 12.0. The lowest BCUT2D eigenvalue weighted by atomic mass is 10.1. The van der Waals surface area contributed by atoms with E-state index in [9.17, 15) is 4.79 Å². The van der Waals surface area contributed by atoms with E-state index in [1.54, 1.807) is 0 Å². The molecular formula is C15H16N2O2. The monoisotopic (exact) mass is 256 g/mol. The lowest BCUT2D eigenvalue weighted by Gasteiger charge is -2.23. The van der Waals surface area contributed by atoms with E-state index in [2.05, 4.69) is 11.1 Å². The zero-order valence-electron chi connectivity index (χ0n) is 10.8. The number of benzene rings is 1. The highest BCUT2D eigenvalue weighted by molar-refractivity contribution is 5.83. The molecule has 0 saturated heterocycles. The number of hydrogen-bond acceptors (Lipinski definition) is 3. The van der Waals surface area contributed by atoms with Crippen LogP contribution in [0.5, 0.6) is 0 Å². The fraction of sp³-hybridized carbons (Fsp3) is 0.333. The highest BCUT2D eigenvalue weighted by atomic mass is 16.4. The van der Waals surface area contributed by atoms with Crippen molar-refractivity contribution in [3.05, 3.63) is 35.9 Å². The van der Waals surface area contributed by atoms with Gasteiger partial charge in [-0.2, -0.15) is 0 Å². The van der Waals surface area contributed by atoms with E-state index in [4.69, 9.17) is 5.11 Å². The number of fused-ring (bicyclic) bond motifs is 1. The number of aryl methyl sites for hydroxylation is 1. The first-order valence-corrected chi connectivity index (χ1v) is 6.50. The van der Waals surface area contributed by atoms with Gasteiger partial charge in [0.05, 0.1) is 5.52 Å². The molecule has 1 aliphatic carbocycles. The molecule has 3 rings (SSSR count). The Morgan fingerprint density at radius 3 is 2.84 bits per heavy atom. The predicted octanol–water partition coefficient (Wildman–Crippen LogP) is 2.60. The molecule has 1 saturated carbocycles. The predicted molar refractivity (Wildman–Crippen MR) is 74.5 cm³/mol. The van der Waals surface area contributed by atoms with E-state index >= 15 is 0 Å². The van der Waals surface area contributed by atoms with Crippen LogP contribution in [-0.4, -0.2) is 28.6 Å². The second-order valence-corrected chi connectivity index (χ2v) is 5.07. The van der Waals surface area contributed by atoms with Crippen molar-refractivity contribution in [3.63, 3.8) is 0 Å². The smallest absolute Gasteiger partial charge is 0.323 e. The van der Waals surface area contributed by atoms with Crippen LogP contribution < -0.4 is 4.90 Å². The molecule has 0 radical (unpaired) electrons. The summed E-state index contributed by atoms with van der Waals surface area (Å²) in [6.45, 7) is 2.02. The minimum absolute atomic E-state index is 0.0246. The second-order valence-electron chi connectivity index (χ2n) is 5.07. The third-order valence-corrected chi connectivity index (χ3v) is 3.45. The van der Waals surface area contributed by atoms with E-state index in [-0.39, 0.29) is 6.54 Å². The van der Waals surface area contributed by atoms with E-state index in [0.29, 0.717) is 6.04 Å². The van der Waals surface area contributed by atoms with Crippen LogP contribution in [-0.2, 0) is 4.79 Å². The largest absolute Gasteiger partial charge is 0.480 e. The molecule has 0 bridgehead atoms. The number of carbonyl (C=O) groups is 1. The molecule has 0 spiro atoms. The molecule has 1 aliphatic rings. The highest BCUT2D eigenvalue weighted by Crippen LogP contribution is 2.33. The minimum atomic E-state index is -0.804. The Balaban J connectivity index is 2.06. The first-order valence-electron chi connectivity index (χ1n) is 6.50. The van der Waals surface area contributed by atoms with Crippen LogP contribution in [0.4, 0.5) is 5.82 Å². The molecule has 19 heavy (non-hydrogen) atoms. The Kier molecular flexibility index (Phi) is 2.85. The molecule has 0 atom stereocenters. The Labute approximate surface area is 111 Å². The SMILES string of the molecule is Cc1cc2ccccc2nc1N(CC(=O)O)C1CC1. The summed E-state index contributed by atoms with van der Waals surface area (Å²) in [4.78, 5) is 17.6. The van der Waals surface area contributed by atoms with Crippen LogP contribution in [0.3, 0.4) is 0 Å². The summed E-state index contributed by atoms with van der Waals surface area (Å²) in [5.74, 6) is 0.00450. The van der Waals surface area contributed by atoms with Crippen LogP contribution in [0.15, 0.2) is 30.3 Å². The van der Waals surface area contributed by atoms with Crippen molar-refractivity contribution >= 4 is 22.7 Å². The number of para-hydroxylation sites is 1. The Morgan fingerprint density at radius 1 is 1.42 bits per heavy atom. The van der Waals surface area contributed by atoms with Crippen molar-refractivity contribution in [2.24, 2.45) is 0 Å². The number of aromatic nitrogens is 1. The number of rotatable bonds is 4. The number of carboxylic acids is 1. The van der Waals surface area contributed by atoms with Gasteiger partial charge in [-0.3, -0.25) is 4.79 Å². The summed E-state index contributed by atoms with van der Waals surface area (Å²) in [6, 6.07) is 10.3. The molecule has 1 fully saturated rings. The van der Waals surface area contributed by atoms with Gasteiger partial charge in [0.1, 0.15) is 12.4 Å². The third kappa shape index (κ3) is 2.38. The van der Waals surface area contributed by atoms with Crippen molar-refractivity contribution in [2.75, 3.05) is 11.4 Å². The van der Waals surface area contributed by atoms with Crippen molar-refractivity contribution in [1.29, 1.82) is 0 Å². The number of aliphatic carboxylic acids is 1. The van der Waals surface area contributed by atoms with E-state index in [1.165, 1.54) is 0 Å². The number of carboxylic acid groups (broad SMARTS) is 1. The normalized spacial score (nSPS) is 14.6. The second kappa shape index (κ2) is 4.53. The number of anilines is 1. The molecule has 1 aromatic carbocycles. The van der Waals surface area contributed by atoms with E-state index < -0.39 is 5.97 Å². The third-order valence-electron chi connectivity index (χ3n) is 3.45. The van der Waals surface area contributed by atoms with E-state index in [0.717, 1.165) is 35.1 Å². The molecule has 4 heteroatoms. The van der Waals surface area contributed by atoms with Gasteiger partial charge in [0, 0.05) is 11.4 Å². The molecule has 4 nitrogen and oxygen atoms in total. The average Bonchev–Trinajstić information content (AvgIpc) is 3.19. The summed E-state index contributed by atoms with van der Waals surface area (Å²) in [6.07, 6.45) is 2.11. The molecule has 1 aromatic heterocycles. The Bertz CT molecular complexity index is 635. The van der Waals surface area contributed by atoms with Gasteiger partial charge in [0.2, 0.25) is 0 Å². The zero-order valence-corrected chi connectivity index (χ0v) is 10.8. The lowest BCUT2D eigenvalue weighted by Crippen LogP contribution is -2.33. The van der Waals surface area contributed by atoms with Crippen molar-refractivity contribution in [2.45, 2.75) is 25.8 Å². The van der Waals surface area contributed by atoms with Gasteiger partial charge in [0.25, 0.3) is 0 Å². The number of hydrogen-bond donors (Lipinski definition) is 1. The van der Waals surface area contributed by atoms with Crippen LogP contribution in [0, 0.1) is 6.92 Å². The topological polar surface area (TPSA) is 53.4 Å². The number of nitrogens with zero attached hydrogens (tertiary/aromatic N) is 2. The Morgan fingerprint density at radius 2 is 2.16 bits per heavy atom. The maximum absolute atomic E-state index is 11.0. The minimum Gasteiger partial charge on any atom is -0.480 e. The zero-order chi connectivity index (χ0) is 13.4. The van der Waals surface area contributed by atoms with Crippen LogP contribution in [0.25, 0.3) is 10.9 Å². The quantitative estimate of drug-likeness (QED) is 0.913. The van der Waals surface area contributed by atoms with Crippen LogP contribution >= 0.6 is 0 Å². The maximum atomic E-state index is 11.0. The van der Waals surface area contributed by atoms with Crippen molar-refractivity contribution in [1.82, 2.24) is 4.98 Å². The molecule has 0 unspecified atom stereocenters. The van der Waals surface area contributed by atoms with Crippen LogP contribution in [0.1, 0.15) is 18.4 Å². The maximum Gasteiger partial charge on any atom is 0.323 e. The van der Waals surface area contributed by atoms with Crippen molar-refractivity contribution in [3.8, 4) is 0 Å². The molecule has 2 aromatic rings. The lowest BCUT2D eigenvalue weighted by molar-refractivity contribution is -0.135. The molecule has 0 amide bonds. The van der Waals surface area contributed by atoms with Gasteiger partial charge in [-0.15, -0.1) is 0 Å². The molecule has 0 aliphatic heterocycles. The highest BCUT2D eigenvalue weighted by Gasteiger charge is 2.32. The first-order chi connectivity index (χ1) is 9.15. The van der Waals surface area contributed by atoms with Crippen molar-refractivity contribution < 1.29 is 9.90 Å². The molecular weight excluding hydrogens is 240 g/mol. The summed E-state index contributed by atoms with van der Waals surface area (Å²) in [5.41, 5.74) is 1.95. The standard InChI is InChI=1S/C15H16N2O2/c1-10-8-11-4-2-3-5-13(11)16-15(10)17(9-14(18)19)12-6-7-12/h2-5,8,12H,6-7,9H2,1H3,(H,18,19). The fourth-order valence-corrected chi connectivity index (χ4v) is 2.41. The summed E-state index contributed by atoms with van der Waals surface area (Å²) >= 11 is 0. The molecule has 1 N–H and O–H groups in total. The fourth-order valence-electron chi connectivity index (χ4n) is 2.41. The number of pyridine rings is 1. The molecule has 98 valence electrons. The summed E-state index contributed by atoms with van der Waals surface area (Å²) < 4.78 is 0. The molecule has 1 heterocycles. The van der Waals surface area contributed by atoms with Gasteiger partial charge >= 0.3 is 5.97 Å². The summed E-state index contributed by atoms with van der Waals surface area (Å²) in [5, 5.41) is 10.1. The van der Waals surface area contributed by atoms with Crippen LogP contribution in [0.2, 0.25) is 0 Å². The van der Waals surface area contributed by atoms with Gasteiger partial charge < -0.3 is 10.0 Å². The Hall–Kier alpha value is -2.10.